The average Bonchev–Trinajstić information content (AvgIpc) is 2.65. The lowest BCUT2D eigenvalue weighted by atomic mass is 10.3. The molecule has 3 nitrogen and oxygen atoms in total. The number of thiophene rings is 1. The third kappa shape index (κ3) is 2.07. The largest absolute Gasteiger partial charge is 0.298 e. The second kappa shape index (κ2) is 4.10. The molecule has 0 amide bonds. The van der Waals surface area contributed by atoms with Gasteiger partial charge in [0.25, 0.3) is 5.56 Å². The Morgan fingerprint density at radius 3 is 3.20 bits per heavy atom. The number of aromatic nitrogens is 2. The lowest BCUT2D eigenvalue weighted by Crippen LogP contribution is -2.20. The van der Waals surface area contributed by atoms with Crippen LogP contribution in [0.1, 0.15) is 13.3 Å². The Morgan fingerprint density at radius 2 is 2.47 bits per heavy atom. The Balaban J connectivity index is 2.36. The summed E-state index contributed by atoms with van der Waals surface area (Å²) in [6.45, 7) is 1.87. The lowest BCUT2D eigenvalue weighted by molar-refractivity contribution is 0.324. The van der Waals surface area contributed by atoms with Crippen LogP contribution >= 0.6 is 11.3 Å². The topological polar surface area (TPSA) is 34.9 Å². The van der Waals surface area contributed by atoms with Crippen molar-refractivity contribution in [2.24, 2.45) is 0 Å². The molecule has 0 fully saturated rings. The molecule has 0 aromatic carbocycles. The molecule has 0 bridgehead atoms. The Hall–Kier alpha value is -1.23. The molecule has 2 heterocycles. The van der Waals surface area contributed by atoms with Crippen LogP contribution in [0.4, 0.5) is 4.39 Å². The maximum atomic E-state index is 12.6. The van der Waals surface area contributed by atoms with Gasteiger partial charge in [0, 0.05) is 6.54 Å². The fourth-order valence-corrected chi connectivity index (χ4v) is 2.15. The van der Waals surface area contributed by atoms with Gasteiger partial charge in [-0.2, -0.15) is 0 Å². The summed E-state index contributed by atoms with van der Waals surface area (Å²) in [6, 6.07) is 1.81. The van der Waals surface area contributed by atoms with Gasteiger partial charge in [0.2, 0.25) is 0 Å². The van der Waals surface area contributed by atoms with Crippen LogP contribution in [0.3, 0.4) is 0 Å². The molecule has 0 N–H and O–H groups in total. The fraction of sp³-hybridized carbons (Fsp3) is 0.400. The van der Waals surface area contributed by atoms with Crippen LogP contribution in [0, 0.1) is 0 Å². The fourth-order valence-electron chi connectivity index (χ4n) is 1.36. The third-order valence-corrected chi connectivity index (χ3v) is 3.10. The predicted octanol–water partition coefficient (Wildman–Crippen LogP) is 2.21. The van der Waals surface area contributed by atoms with Gasteiger partial charge in [-0.1, -0.05) is 0 Å². The molecule has 0 saturated heterocycles. The van der Waals surface area contributed by atoms with Crippen molar-refractivity contribution in [1.29, 1.82) is 0 Å². The summed E-state index contributed by atoms with van der Waals surface area (Å²) in [5.41, 5.74) is 0.644. The van der Waals surface area contributed by atoms with Crippen molar-refractivity contribution in [3.8, 4) is 0 Å². The molecule has 1 atom stereocenters. The van der Waals surface area contributed by atoms with Crippen molar-refractivity contribution >= 4 is 21.6 Å². The van der Waals surface area contributed by atoms with Crippen molar-refractivity contribution in [1.82, 2.24) is 9.55 Å². The smallest absolute Gasteiger partial charge is 0.271 e. The molecule has 5 heteroatoms. The monoisotopic (exact) mass is 226 g/mol. The van der Waals surface area contributed by atoms with Gasteiger partial charge in [-0.05, 0) is 24.8 Å². The molecule has 2 rings (SSSR count). The molecular formula is C10H11FN2OS. The van der Waals surface area contributed by atoms with Crippen LogP contribution in [-0.4, -0.2) is 15.7 Å². The van der Waals surface area contributed by atoms with E-state index in [-0.39, 0.29) is 5.56 Å². The summed E-state index contributed by atoms with van der Waals surface area (Å²) < 4.78 is 14.7. The molecule has 80 valence electrons. The minimum Gasteiger partial charge on any atom is -0.298 e. The molecule has 0 saturated carbocycles. The number of hydrogen-bond acceptors (Lipinski definition) is 3. The zero-order valence-corrected chi connectivity index (χ0v) is 9.13. The molecule has 0 aliphatic heterocycles. The van der Waals surface area contributed by atoms with Gasteiger partial charge in [0.1, 0.15) is 4.70 Å². The molecule has 0 radical (unpaired) electrons. The maximum Gasteiger partial charge on any atom is 0.271 e. The average molecular weight is 226 g/mol. The Morgan fingerprint density at radius 1 is 1.67 bits per heavy atom. The first-order chi connectivity index (χ1) is 7.18. The second-order valence-corrected chi connectivity index (χ2v) is 4.36. The van der Waals surface area contributed by atoms with E-state index < -0.39 is 6.17 Å². The van der Waals surface area contributed by atoms with Crippen LogP contribution in [0.5, 0.6) is 0 Å². The normalized spacial score (nSPS) is 13.2. The van der Waals surface area contributed by atoms with Crippen LogP contribution in [0.15, 0.2) is 22.6 Å². The zero-order valence-electron chi connectivity index (χ0n) is 8.31. The first-order valence-corrected chi connectivity index (χ1v) is 5.63. The third-order valence-electron chi connectivity index (χ3n) is 2.20. The molecule has 2 aromatic heterocycles. The highest BCUT2D eigenvalue weighted by Crippen LogP contribution is 2.13. The molecule has 0 aliphatic carbocycles. The Labute approximate surface area is 90.2 Å². The lowest BCUT2D eigenvalue weighted by Gasteiger charge is -2.05. The number of aryl methyl sites for hydroxylation is 1. The van der Waals surface area contributed by atoms with E-state index in [0.717, 1.165) is 5.52 Å². The second-order valence-electron chi connectivity index (χ2n) is 3.45. The van der Waals surface area contributed by atoms with Crippen LogP contribution in [0.2, 0.25) is 0 Å². The van der Waals surface area contributed by atoms with E-state index in [9.17, 15) is 9.18 Å². The minimum atomic E-state index is -0.893. The highest BCUT2D eigenvalue weighted by Gasteiger charge is 2.06. The van der Waals surface area contributed by atoms with Crippen molar-refractivity contribution < 1.29 is 4.39 Å². The molecule has 0 spiro atoms. The van der Waals surface area contributed by atoms with Crippen LogP contribution in [0.25, 0.3) is 10.2 Å². The minimum absolute atomic E-state index is 0.0735. The molecule has 0 aliphatic rings. The van der Waals surface area contributed by atoms with Crippen molar-refractivity contribution in [3.05, 3.63) is 28.1 Å². The first kappa shape index (κ1) is 10.3. The van der Waals surface area contributed by atoms with E-state index in [2.05, 4.69) is 4.98 Å². The number of fused-ring (bicyclic) bond motifs is 1. The van der Waals surface area contributed by atoms with Gasteiger partial charge in [-0.15, -0.1) is 11.3 Å². The van der Waals surface area contributed by atoms with E-state index in [1.165, 1.54) is 29.2 Å². The predicted molar refractivity (Wildman–Crippen MR) is 59.1 cm³/mol. The Bertz CT molecular complexity index is 517. The number of alkyl halides is 1. The van der Waals surface area contributed by atoms with E-state index >= 15 is 0 Å². The number of halogens is 1. The van der Waals surface area contributed by atoms with Crippen molar-refractivity contribution in [2.45, 2.75) is 26.1 Å². The summed E-state index contributed by atoms with van der Waals surface area (Å²) in [5, 5.41) is 1.83. The number of hydrogen-bond donors (Lipinski definition) is 0. The molecular weight excluding hydrogens is 215 g/mol. The standard InChI is InChI=1S/C10H11FN2OS/c1-7(11)2-4-13-6-12-8-3-5-15-9(8)10(13)14/h3,5-7H,2,4H2,1H3. The molecule has 1 unspecified atom stereocenters. The molecule has 2 aromatic rings. The number of rotatable bonds is 3. The molecule has 15 heavy (non-hydrogen) atoms. The van der Waals surface area contributed by atoms with Gasteiger partial charge < -0.3 is 0 Å². The highest BCUT2D eigenvalue weighted by molar-refractivity contribution is 7.17. The van der Waals surface area contributed by atoms with Crippen molar-refractivity contribution in [3.63, 3.8) is 0 Å². The van der Waals surface area contributed by atoms with E-state index in [1.807, 2.05) is 11.4 Å². The van der Waals surface area contributed by atoms with Gasteiger partial charge in [-0.25, -0.2) is 9.37 Å². The van der Waals surface area contributed by atoms with Gasteiger partial charge >= 0.3 is 0 Å². The van der Waals surface area contributed by atoms with Crippen LogP contribution in [-0.2, 0) is 6.54 Å². The van der Waals surface area contributed by atoms with Gasteiger partial charge in [-0.3, -0.25) is 9.36 Å². The van der Waals surface area contributed by atoms with E-state index in [4.69, 9.17) is 0 Å². The summed E-state index contributed by atoms with van der Waals surface area (Å²) in [5.74, 6) is 0. The quantitative estimate of drug-likeness (QED) is 0.804. The Kier molecular flexibility index (Phi) is 2.81. The summed E-state index contributed by atoms with van der Waals surface area (Å²) in [4.78, 5) is 15.9. The zero-order chi connectivity index (χ0) is 10.8. The van der Waals surface area contributed by atoms with Gasteiger partial charge in [0.05, 0.1) is 18.0 Å². The summed E-state index contributed by atoms with van der Waals surface area (Å²) in [6.07, 6.45) is 0.939. The summed E-state index contributed by atoms with van der Waals surface area (Å²) in [7, 11) is 0. The van der Waals surface area contributed by atoms with E-state index in [0.29, 0.717) is 17.7 Å². The van der Waals surface area contributed by atoms with Gasteiger partial charge in [0.15, 0.2) is 0 Å². The maximum absolute atomic E-state index is 12.6. The number of nitrogens with zero attached hydrogens (tertiary/aromatic N) is 2. The summed E-state index contributed by atoms with van der Waals surface area (Å²) >= 11 is 1.37. The highest BCUT2D eigenvalue weighted by atomic mass is 32.1. The van der Waals surface area contributed by atoms with E-state index in [1.54, 1.807) is 0 Å². The van der Waals surface area contributed by atoms with Crippen molar-refractivity contribution in [2.75, 3.05) is 0 Å². The van der Waals surface area contributed by atoms with Crippen LogP contribution < -0.4 is 5.56 Å². The SMILES string of the molecule is CC(F)CCn1cnc2ccsc2c1=O. The first-order valence-electron chi connectivity index (χ1n) is 4.75.